The minimum absolute atomic E-state index is 0. The number of halogens is 2. The van der Waals surface area contributed by atoms with Crippen LogP contribution in [-0.4, -0.2) is 36.5 Å². The van der Waals surface area contributed by atoms with Crippen LogP contribution in [-0.2, 0) is 0 Å². The summed E-state index contributed by atoms with van der Waals surface area (Å²) < 4.78 is 1.17. The summed E-state index contributed by atoms with van der Waals surface area (Å²) in [6.45, 7) is 4.69. The number of thiophene rings is 1. The Bertz CT molecular complexity index is 371. The molecule has 1 saturated heterocycles. The molecule has 2 heterocycles. The van der Waals surface area contributed by atoms with Crippen molar-refractivity contribution in [3.05, 3.63) is 19.9 Å². The van der Waals surface area contributed by atoms with Gasteiger partial charge in [-0.1, -0.05) is 0 Å². The van der Waals surface area contributed by atoms with Crippen molar-refractivity contribution in [2.75, 3.05) is 19.6 Å². The molecule has 2 rings (SSSR count). The van der Waals surface area contributed by atoms with Crippen LogP contribution in [0.1, 0.15) is 17.3 Å². The fourth-order valence-corrected chi connectivity index (χ4v) is 3.05. The predicted molar refractivity (Wildman–Crippen MR) is 77.7 cm³/mol. The summed E-state index contributed by atoms with van der Waals surface area (Å²) in [5.41, 5.74) is 0.832. The molecule has 0 saturated carbocycles. The maximum Gasteiger partial charge on any atom is 0.255 e. The lowest BCUT2D eigenvalue weighted by Crippen LogP contribution is -2.52. The van der Waals surface area contributed by atoms with Gasteiger partial charge in [0.15, 0.2) is 0 Å². The number of carbonyl (C=O) groups is 1. The van der Waals surface area contributed by atoms with E-state index < -0.39 is 0 Å². The molecule has 1 aliphatic heterocycles. The van der Waals surface area contributed by atoms with Crippen LogP contribution in [0.5, 0.6) is 0 Å². The molecule has 1 N–H and O–H groups in total. The summed E-state index contributed by atoms with van der Waals surface area (Å²) in [5, 5.41) is 5.23. The van der Waals surface area contributed by atoms with Crippen molar-refractivity contribution in [2.45, 2.75) is 13.0 Å². The molecule has 0 unspecified atom stereocenters. The van der Waals surface area contributed by atoms with E-state index in [1.807, 2.05) is 16.3 Å². The van der Waals surface area contributed by atoms with Crippen molar-refractivity contribution in [2.24, 2.45) is 0 Å². The van der Waals surface area contributed by atoms with E-state index in [0.29, 0.717) is 6.04 Å². The lowest BCUT2D eigenvalue weighted by molar-refractivity contribution is 0.0656. The van der Waals surface area contributed by atoms with Gasteiger partial charge in [0.2, 0.25) is 0 Å². The number of carbonyl (C=O) groups excluding carboxylic acids is 1. The van der Waals surface area contributed by atoms with E-state index in [1.165, 1.54) is 2.88 Å². The number of nitrogens with one attached hydrogen (secondary N) is 1. The second-order valence-electron chi connectivity index (χ2n) is 3.69. The summed E-state index contributed by atoms with van der Waals surface area (Å²) >= 11 is 3.87. The summed E-state index contributed by atoms with van der Waals surface area (Å²) in [6, 6.07) is 2.26. The smallest absolute Gasteiger partial charge is 0.255 e. The highest BCUT2D eigenvalue weighted by Gasteiger charge is 2.24. The van der Waals surface area contributed by atoms with Gasteiger partial charge in [-0.25, -0.2) is 0 Å². The molecule has 1 aliphatic rings. The Kier molecular flexibility index (Phi) is 5.49. The van der Waals surface area contributed by atoms with E-state index in [4.69, 9.17) is 0 Å². The number of hydrogen-bond acceptors (Lipinski definition) is 3. The van der Waals surface area contributed by atoms with E-state index in [0.717, 1.165) is 25.2 Å². The first-order chi connectivity index (χ1) is 7.18. The van der Waals surface area contributed by atoms with Gasteiger partial charge in [0.1, 0.15) is 0 Å². The second-order valence-corrected chi connectivity index (χ2v) is 6.50. The Morgan fingerprint density at radius 3 is 3.00 bits per heavy atom. The first kappa shape index (κ1) is 14.2. The molecule has 90 valence electrons. The fraction of sp³-hybridized carbons (Fsp3) is 0.500. The SMILES string of the molecule is C[C@@H]1CNCCN1C(=O)c1csc(I)c1.Cl. The van der Waals surface area contributed by atoms with Crippen molar-refractivity contribution < 1.29 is 4.79 Å². The third-order valence-electron chi connectivity index (χ3n) is 2.58. The Labute approximate surface area is 119 Å². The third kappa shape index (κ3) is 3.09. The molecule has 0 spiro atoms. The largest absolute Gasteiger partial charge is 0.333 e. The second kappa shape index (κ2) is 6.18. The Morgan fingerprint density at radius 1 is 1.69 bits per heavy atom. The number of amides is 1. The lowest BCUT2D eigenvalue weighted by Gasteiger charge is -2.33. The van der Waals surface area contributed by atoms with E-state index >= 15 is 0 Å². The van der Waals surface area contributed by atoms with Crippen molar-refractivity contribution >= 4 is 52.2 Å². The molecule has 6 heteroatoms. The normalized spacial score (nSPS) is 20.4. The van der Waals surface area contributed by atoms with E-state index in [2.05, 4.69) is 34.8 Å². The number of hydrogen-bond donors (Lipinski definition) is 1. The van der Waals surface area contributed by atoms with Gasteiger partial charge < -0.3 is 10.2 Å². The van der Waals surface area contributed by atoms with Gasteiger partial charge in [0.05, 0.1) is 8.45 Å². The molecule has 1 aromatic rings. The first-order valence-corrected chi connectivity index (χ1v) is 6.90. The summed E-state index contributed by atoms with van der Waals surface area (Å²) in [5.74, 6) is 0.170. The van der Waals surface area contributed by atoms with Crippen molar-refractivity contribution in [3.63, 3.8) is 0 Å². The molecule has 0 aromatic carbocycles. The van der Waals surface area contributed by atoms with E-state index in [9.17, 15) is 4.79 Å². The van der Waals surface area contributed by atoms with Crippen molar-refractivity contribution in [1.29, 1.82) is 0 Å². The van der Waals surface area contributed by atoms with Gasteiger partial charge >= 0.3 is 0 Å². The van der Waals surface area contributed by atoms with Gasteiger partial charge in [-0.2, -0.15) is 0 Å². The van der Waals surface area contributed by atoms with Crippen LogP contribution < -0.4 is 5.32 Å². The van der Waals surface area contributed by atoms with Crippen LogP contribution >= 0.6 is 46.3 Å². The molecule has 0 bridgehead atoms. The number of nitrogens with zero attached hydrogens (tertiary/aromatic N) is 1. The Hall–Kier alpha value is 0.150. The summed E-state index contributed by atoms with van der Waals surface area (Å²) in [6.07, 6.45) is 0. The van der Waals surface area contributed by atoms with Crippen LogP contribution in [0.15, 0.2) is 11.4 Å². The molecule has 16 heavy (non-hydrogen) atoms. The molecule has 0 aliphatic carbocycles. The quantitative estimate of drug-likeness (QED) is 0.767. The van der Waals surface area contributed by atoms with E-state index in [-0.39, 0.29) is 18.3 Å². The highest BCUT2D eigenvalue weighted by atomic mass is 127. The van der Waals surface area contributed by atoms with Crippen LogP contribution in [0.2, 0.25) is 0 Å². The number of piperazine rings is 1. The molecule has 1 fully saturated rings. The Balaban J connectivity index is 0.00000128. The molecule has 1 aromatic heterocycles. The first-order valence-electron chi connectivity index (χ1n) is 4.94. The molecule has 3 nitrogen and oxygen atoms in total. The minimum atomic E-state index is 0. The van der Waals surface area contributed by atoms with Gasteiger partial charge in [-0.05, 0) is 35.6 Å². The third-order valence-corrected chi connectivity index (χ3v) is 4.37. The van der Waals surface area contributed by atoms with Crippen LogP contribution in [0.3, 0.4) is 0 Å². The average Bonchev–Trinajstić information content (AvgIpc) is 2.65. The summed E-state index contributed by atoms with van der Waals surface area (Å²) in [7, 11) is 0. The highest BCUT2D eigenvalue weighted by Crippen LogP contribution is 2.19. The molecule has 1 atom stereocenters. The average molecular weight is 373 g/mol. The van der Waals surface area contributed by atoms with Crippen molar-refractivity contribution in [1.82, 2.24) is 10.2 Å². The molecular weight excluding hydrogens is 359 g/mol. The molecule has 0 radical (unpaired) electrons. The maximum absolute atomic E-state index is 12.1. The zero-order valence-electron chi connectivity index (χ0n) is 8.90. The minimum Gasteiger partial charge on any atom is -0.333 e. The van der Waals surface area contributed by atoms with Gasteiger partial charge in [-0.3, -0.25) is 4.79 Å². The van der Waals surface area contributed by atoms with Gasteiger partial charge in [0.25, 0.3) is 5.91 Å². The zero-order valence-corrected chi connectivity index (χ0v) is 12.7. The van der Waals surface area contributed by atoms with Crippen LogP contribution in [0.4, 0.5) is 0 Å². The predicted octanol–water partition coefficient (Wildman–Crippen LogP) is 2.21. The van der Waals surface area contributed by atoms with Gasteiger partial charge in [-0.15, -0.1) is 23.7 Å². The Morgan fingerprint density at radius 2 is 2.44 bits per heavy atom. The van der Waals surface area contributed by atoms with Crippen molar-refractivity contribution in [3.8, 4) is 0 Å². The standard InChI is InChI=1S/C10H13IN2OS.ClH/c1-7-5-12-2-3-13(7)10(14)8-4-9(11)15-6-8;/h4,6-7,12H,2-3,5H2,1H3;1H/t7-;/m1./s1. The molecular formula is C10H14ClIN2OS. The van der Waals surface area contributed by atoms with Gasteiger partial charge in [0, 0.05) is 31.1 Å². The molecule has 1 amide bonds. The van der Waals surface area contributed by atoms with Crippen LogP contribution in [0.25, 0.3) is 0 Å². The topological polar surface area (TPSA) is 32.3 Å². The summed E-state index contributed by atoms with van der Waals surface area (Å²) in [4.78, 5) is 14.1. The maximum atomic E-state index is 12.1. The zero-order chi connectivity index (χ0) is 10.8. The fourth-order valence-electron chi connectivity index (χ4n) is 1.73. The highest BCUT2D eigenvalue weighted by molar-refractivity contribution is 14.1. The number of rotatable bonds is 1. The van der Waals surface area contributed by atoms with Crippen LogP contribution in [0, 0.1) is 2.88 Å². The monoisotopic (exact) mass is 372 g/mol. The van der Waals surface area contributed by atoms with E-state index in [1.54, 1.807) is 11.3 Å². The lowest BCUT2D eigenvalue weighted by atomic mass is 10.2.